The number of hydrogen-bond acceptors (Lipinski definition) is 2. The molecule has 0 N–H and O–H groups in total. The zero-order chi connectivity index (χ0) is 20.2. The van der Waals surface area contributed by atoms with Crippen molar-refractivity contribution in [3.05, 3.63) is 125 Å². The molecule has 142 valence electrons. The minimum atomic E-state index is -0.368. The number of carbonyl (C=O) groups is 1. The maximum absolute atomic E-state index is 13.3. The second kappa shape index (κ2) is 8.41. The van der Waals surface area contributed by atoms with Gasteiger partial charge < -0.3 is 4.90 Å². The topological polar surface area (TPSA) is 20.3 Å². The average molecular weight is 446 g/mol. The Morgan fingerprint density at radius 3 is 1.83 bits per heavy atom. The number of nitrogens with zero attached hydrogens (tertiary/aromatic N) is 1. The van der Waals surface area contributed by atoms with Crippen LogP contribution in [0.2, 0.25) is 0 Å². The molecule has 29 heavy (non-hydrogen) atoms. The van der Waals surface area contributed by atoms with Crippen molar-refractivity contribution in [3.63, 3.8) is 0 Å². The van der Waals surface area contributed by atoms with Crippen LogP contribution in [-0.2, 0) is 0 Å². The van der Waals surface area contributed by atoms with Crippen LogP contribution in [0.3, 0.4) is 0 Å². The molecule has 0 bridgehead atoms. The molecule has 0 unspecified atom stereocenters. The molecule has 4 rings (SSSR count). The van der Waals surface area contributed by atoms with Crippen molar-refractivity contribution in [1.29, 1.82) is 0 Å². The number of para-hydroxylation sites is 2. The quantitative estimate of drug-likeness (QED) is 0.300. The first-order valence-corrected chi connectivity index (χ1v) is 9.93. The Hall–Kier alpha value is -3.24. The molecule has 4 aromatic carbocycles. The molecular weight excluding hydrogens is 429 g/mol. The van der Waals surface area contributed by atoms with Crippen LogP contribution < -0.4 is 4.90 Å². The van der Waals surface area contributed by atoms with Gasteiger partial charge in [0.05, 0.1) is 5.69 Å². The zero-order valence-corrected chi connectivity index (χ0v) is 17.0. The first-order chi connectivity index (χ1) is 14.1. The first-order valence-electron chi connectivity index (χ1n) is 9.13. The third kappa shape index (κ3) is 4.13. The number of ketones is 1. The van der Waals surface area contributed by atoms with Crippen molar-refractivity contribution >= 4 is 38.8 Å². The van der Waals surface area contributed by atoms with Gasteiger partial charge in [-0.15, -0.1) is 0 Å². The maximum Gasteiger partial charge on any atom is 0.195 e. The van der Waals surface area contributed by atoms with Gasteiger partial charge in [-0.3, -0.25) is 4.79 Å². The summed E-state index contributed by atoms with van der Waals surface area (Å²) >= 11 is 3.54. The Labute approximate surface area is 177 Å². The standard InChI is InChI=1S/C25H17BrFNO/c26-19-13-16-23(25(29)18-11-14-20(27)15-12-18)24(17-19)28(21-7-3-1-4-8-21)22-9-5-2-6-10-22/h1-17H. The lowest BCUT2D eigenvalue weighted by Crippen LogP contribution is -2.15. The molecule has 0 aliphatic carbocycles. The number of benzene rings is 4. The summed E-state index contributed by atoms with van der Waals surface area (Å²) < 4.78 is 14.2. The largest absolute Gasteiger partial charge is 0.310 e. The van der Waals surface area contributed by atoms with E-state index in [1.54, 1.807) is 6.07 Å². The molecule has 4 aromatic rings. The highest BCUT2D eigenvalue weighted by atomic mass is 79.9. The Kier molecular flexibility index (Phi) is 5.54. The smallest absolute Gasteiger partial charge is 0.195 e. The lowest BCUT2D eigenvalue weighted by atomic mass is 10.00. The van der Waals surface area contributed by atoms with E-state index >= 15 is 0 Å². The molecule has 0 aromatic heterocycles. The van der Waals surface area contributed by atoms with Crippen molar-refractivity contribution in [2.75, 3.05) is 4.90 Å². The molecule has 0 saturated carbocycles. The second-order valence-corrected chi connectivity index (χ2v) is 7.42. The Morgan fingerprint density at radius 1 is 0.724 bits per heavy atom. The van der Waals surface area contributed by atoms with Crippen LogP contribution in [0, 0.1) is 5.82 Å². The molecule has 0 spiro atoms. The normalized spacial score (nSPS) is 10.6. The van der Waals surface area contributed by atoms with Crippen LogP contribution in [0.1, 0.15) is 15.9 Å². The molecule has 0 aliphatic rings. The van der Waals surface area contributed by atoms with Gasteiger partial charge in [0, 0.05) is 27.0 Å². The summed E-state index contributed by atoms with van der Waals surface area (Å²) in [6.45, 7) is 0. The number of halogens is 2. The van der Waals surface area contributed by atoms with Gasteiger partial charge in [-0.1, -0.05) is 52.3 Å². The van der Waals surface area contributed by atoms with E-state index < -0.39 is 0 Å². The molecule has 2 nitrogen and oxygen atoms in total. The number of hydrogen-bond donors (Lipinski definition) is 0. The van der Waals surface area contributed by atoms with E-state index in [0.29, 0.717) is 11.1 Å². The van der Waals surface area contributed by atoms with Crippen LogP contribution in [-0.4, -0.2) is 5.78 Å². The second-order valence-electron chi connectivity index (χ2n) is 6.50. The van der Waals surface area contributed by atoms with Crippen molar-refractivity contribution < 1.29 is 9.18 Å². The minimum absolute atomic E-state index is 0.163. The predicted octanol–water partition coefficient (Wildman–Crippen LogP) is 7.29. The fourth-order valence-electron chi connectivity index (χ4n) is 3.22. The van der Waals surface area contributed by atoms with Crippen LogP contribution in [0.25, 0.3) is 0 Å². The molecule has 0 radical (unpaired) electrons. The highest BCUT2D eigenvalue weighted by molar-refractivity contribution is 9.10. The molecule has 0 heterocycles. The summed E-state index contributed by atoms with van der Waals surface area (Å²) in [7, 11) is 0. The molecular formula is C25H17BrFNO. The first kappa shape index (κ1) is 19.1. The SMILES string of the molecule is O=C(c1ccc(F)cc1)c1ccc(Br)cc1N(c1ccccc1)c1ccccc1. The Morgan fingerprint density at radius 2 is 1.28 bits per heavy atom. The molecule has 0 amide bonds. The third-order valence-corrected chi connectivity index (χ3v) is 5.07. The van der Waals surface area contributed by atoms with E-state index in [4.69, 9.17) is 0 Å². The maximum atomic E-state index is 13.3. The van der Waals surface area contributed by atoms with E-state index in [-0.39, 0.29) is 11.6 Å². The monoisotopic (exact) mass is 445 g/mol. The van der Waals surface area contributed by atoms with Crippen molar-refractivity contribution in [2.24, 2.45) is 0 Å². The van der Waals surface area contributed by atoms with E-state index in [1.165, 1.54) is 24.3 Å². The lowest BCUT2D eigenvalue weighted by Gasteiger charge is -2.27. The number of rotatable bonds is 5. The van der Waals surface area contributed by atoms with E-state index in [2.05, 4.69) is 15.9 Å². The fourth-order valence-corrected chi connectivity index (χ4v) is 3.57. The number of carbonyl (C=O) groups excluding carboxylic acids is 1. The highest BCUT2D eigenvalue weighted by Gasteiger charge is 2.21. The predicted molar refractivity (Wildman–Crippen MR) is 119 cm³/mol. The van der Waals surface area contributed by atoms with Crippen molar-refractivity contribution in [3.8, 4) is 0 Å². The van der Waals surface area contributed by atoms with Gasteiger partial charge in [0.1, 0.15) is 5.82 Å². The summed E-state index contributed by atoms with van der Waals surface area (Å²) in [4.78, 5) is 15.3. The lowest BCUT2D eigenvalue weighted by molar-refractivity contribution is 0.103. The summed E-state index contributed by atoms with van der Waals surface area (Å²) in [6, 6.07) is 31.0. The summed E-state index contributed by atoms with van der Waals surface area (Å²) in [5.74, 6) is -0.530. The van der Waals surface area contributed by atoms with Crippen molar-refractivity contribution in [1.82, 2.24) is 0 Å². The molecule has 0 atom stereocenters. The van der Waals surface area contributed by atoms with Gasteiger partial charge in [-0.05, 0) is 66.7 Å². The van der Waals surface area contributed by atoms with Gasteiger partial charge in [-0.2, -0.15) is 0 Å². The van der Waals surface area contributed by atoms with Crippen LogP contribution in [0.5, 0.6) is 0 Å². The highest BCUT2D eigenvalue weighted by Crippen LogP contribution is 2.38. The van der Waals surface area contributed by atoms with Gasteiger partial charge in [0.25, 0.3) is 0 Å². The molecule has 0 fully saturated rings. The van der Waals surface area contributed by atoms with Crippen LogP contribution in [0.4, 0.5) is 21.5 Å². The average Bonchev–Trinajstić information content (AvgIpc) is 2.76. The summed E-state index contributed by atoms with van der Waals surface area (Å²) in [5, 5.41) is 0. The van der Waals surface area contributed by atoms with Crippen LogP contribution >= 0.6 is 15.9 Å². The third-order valence-electron chi connectivity index (χ3n) is 4.58. The van der Waals surface area contributed by atoms with Gasteiger partial charge >= 0.3 is 0 Å². The summed E-state index contributed by atoms with van der Waals surface area (Å²) in [6.07, 6.45) is 0. The number of anilines is 3. The summed E-state index contributed by atoms with van der Waals surface area (Å²) in [5.41, 5.74) is 3.59. The molecule has 0 saturated heterocycles. The minimum Gasteiger partial charge on any atom is -0.310 e. The van der Waals surface area contributed by atoms with E-state index in [9.17, 15) is 9.18 Å². The van der Waals surface area contributed by atoms with Gasteiger partial charge in [-0.25, -0.2) is 4.39 Å². The molecule has 4 heteroatoms. The van der Waals surface area contributed by atoms with Gasteiger partial charge in [0.15, 0.2) is 5.78 Å². The fraction of sp³-hybridized carbons (Fsp3) is 0. The van der Waals surface area contributed by atoms with Crippen molar-refractivity contribution in [2.45, 2.75) is 0 Å². The van der Waals surface area contributed by atoms with E-state index in [1.807, 2.05) is 77.7 Å². The van der Waals surface area contributed by atoms with Gasteiger partial charge in [0.2, 0.25) is 0 Å². The Balaban J connectivity index is 1.90. The van der Waals surface area contributed by atoms with E-state index in [0.717, 1.165) is 21.5 Å². The van der Waals surface area contributed by atoms with Crippen LogP contribution in [0.15, 0.2) is 108 Å². The molecule has 0 aliphatic heterocycles. The zero-order valence-electron chi connectivity index (χ0n) is 15.4. The Bertz CT molecular complexity index is 1090.